The zero-order chi connectivity index (χ0) is 18.9. The first-order valence-corrected chi connectivity index (χ1v) is 9.43. The van der Waals surface area contributed by atoms with Crippen LogP contribution < -0.4 is 16.2 Å². The molecule has 0 amide bonds. The molecule has 0 bridgehead atoms. The van der Waals surface area contributed by atoms with Crippen LogP contribution in [-0.4, -0.2) is 29.8 Å². The summed E-state index contributed by atoms with van der Waals surface area (Å²) in [6, 6.07) is 15.7. The number of hydrogen-bond acceptors (Lipinski definition) is 4. The highest BCUT2D eigenvalue weighted by Gasteiger charge is 2.08. The third-order valence-electron chi connectivity index (χ3n) is 4.48. The molecule has 0 saturated carbocycles. The van der Waals surface area contributed by atoms with E-state index in [2.05, 4.69) is 39.5 Å². The summed E-state index contributed by atoms with van der Waals surface area (Å²) < 4.78 is 0. The topological polar surface area (TPSA) is 69.8 Å². The van der Waals surface area contributed by atoms with E-state index in [9.17, 15) is 4.79 Å². The van der Waals surface area contributed by atoms with Crippen molar-refractivity contribution >= 4 is 28.9 Å². The number of hydrogen-bond donors (Lipinski definition) is 3. The molecule has 3 N–H and O–H groups in total. The largest absolute Gasteiger partial charge is 0.385 e. The van der Waals surface area contributed by atoms with Crippen molar-refractivity contribution in [2.75, 3.05) is 25.0 Å². The highest BCUT2D eigenvalue weighted by atomic mass is 35.5. The molecular weight excluding hydrogens is 372 g/mol. The summed E-state index contributed by atoms with van der Waals surface area (Å²) in [7, 11) is 0. The van der Waals surface area contributed by atoms with Crippen LogP contribution in [0.4, 0.5) is 5.69 Å². The molecule has 0 aliphatic rings. The van der Waals surface area contributed by atoms with Crippen molar-refractivity contribution in [3.05, 3.63) is 71.5 Å². The lowest BCUT2D eigenvalue weighted by Gasteiger charge is -2.10. The van der Waals surface area contributed by atoms with Crippen molar-refractivity contribution in [2.45, 2.75) is 19.3 Å². The van der Waals surface area contributed by atoms with Gasteiger partial charge in [0.2, 0.25) is 0 Å². The molecule has 0 saturated heterocycles. The second-order valence-corrected chi connectivity index (χ2v) is 6.51. The van der Waals surface area contributed by atoms with Crippen LogP contribution in [-0.2, 0) is 0 Å². The average Bonchev–Trinajstić information content (AvgIpc) is 2.71. The first-order chi connectivity index (χ1) is 13.3. The van der Waals surface area contributed by atoms with E-state index in [0.717, 1.165) is 48.4 Å². The molecule has 0 fully saturated rings. The summed E-state index contributed by atoms with van der Waals surface area (Å²) in [5.74, 6) is 0. The zero-order valence-electron chi connectivity index (χ0n) is 15.9. The molecule has 0 aliphatic heterocycles. The zero-order valence-corrected chi connectivity index (χ0v) is 16.7. The van der Waals surface area contributed by atoms with Gasteiger partial charge in [0.05, 0.1) is 11.1 Å². The number of nitrogens with zero attached hydrogens (tertiary/aromatic N) is 1. The fourth-order valence-electron chi connectivity index (χ4n) is 3.10. The SMILES string of the molecule is C=CCNCCCCCNc1cccc(-c2n[nH]c(=O)c3ccccc23)c1.Cl. The van der Waals surface area contributed by atoms with Crippen molar-refractivity contribution in [3.63, 3.8) is 0 Å². The van der Waals surface area contributed by atoms with Crippen molar-refractivity contribution in [1.82, 2.24) is 15.5 Å². The van der Waals surface area contributed by atoms with Crippen molar-refractivity contribution in [2.24, 2.45) is 0 Å². The standard InChI is InChI=1S/C22H26N4O.ClH/c1-2-13-23-14-6-3-7-15-24-18-10-8-9-17(16-18)21-19-11-4-5-12-20(19)22(27)26-25-21;/h2,4-5,8-12,16,23-24H,1,3,6-7,13-15H2,(H,26,27);1H. The Bertz CT molecular complexity index is 954. The van der Waals surface area contributed by atoms with Gasteiger partial charge in [0, 0.05) is 29.7 Å². The Kier molecular flexibility index (Phi) is 8.72. The lowest BCUT2D eigenvalue weighted by Crippen LogP contribution is -2.14. The molecule has 2 aromatic carbocycles. The Morgan fingerprint density at radius 1 is 1.00 bits per heavy atom. The first-order valence-electron chi connectivity index (χ1n) is 9.43. The Labute approximate surface area is 171 Å². The molecule has 1 heterocycles. The lowest BCUT2D eigenvalue weighted by atomic mass is 10.0. The molecule has 28 heavy (non-hydrogen) atoms. The Morgan fingerprint density at radius 3 is 2.61 bits per heavy atom. The summed E-state index contributed by atoms with van der Waals surface area (Å²) in [6.45, 7) is 6.54. The molecule has 3 rings (SSSR count). The fraction of sp³-hybridized carbons (Fsp3) is 0.273. The predicted molar refractivity (Wildman–Crippen MR) is 120 cm³/mol. The number of rotatable bonds is 10. The quantitative estimate of drug-likeness (QED) is 0.350. The van der Waals surface area contributed by atoms with E-state index in [1.807, 2.05) is 42.5 Å². The van der Waals surface area contributed by atoms with Gasteiger partial charge in [0.25, 0.3) is 5.56 Å². The van der Waals surface area contributed by atoms with E-state index in [0.29, 0.717) is 5.39 Å². The van der Waals surface area contributed by atoms with Crippen LogP contribution in [0.2, 0.25) is 0 Å². The van der Waals surface area contributed by atoms with Gasteiger partial charge in [0.1, 0.15) is 0 Å². The Balaban J connectivity index is 0.00000280. The van der Waals surface area contributed by atoms with Gasteiger partial charge in [-0.1, -0.05) is 42.8 Å². The highest BCUT2D eigenvalue weighted by Crippen LogP contribution is 2.26. The molecule has 6 heteroatoms. The van der Waals surface area contributed by atoms with Gasteiger partial charge in [-0.2, -0.15) is 5.10 Å². The van der Waals surface area contributed by atoms with Crippen LogP contribution in [0.25, 0.3) is 22.0 Å². The van der Waals surface area contributed by atoms with Crippen LogP contribution in [0.1, 0.15) is 19.3 Å². The molecule has 1 aromatic heterocycles. The molecule has 0 spiro atoms. The van der Waals surface area contributed by atoms with Crippen LogP contribution in [0, 0.1) is 0 Å². The normalized spacial score (nSPS) is 10.4. The average molecular weight is 399 g/mol. The highest BCUT2D eigenvalue weighted by molar-refractivity contribution is 5.94. The lowest BCUT2D eigenvalue weighted by molar-refractivity contribution is 0.638. The fourth-order valence-corrected chi connectivity index (χ4v) is 3.10. The smallest absolute Gasteiger partial charge is 0.272 e. The first kappa shape index (κ1) is 21.7. The Morgan fingerprint density at radius 2 is 1.79 bits per heavy atom. The number of aromatic amines is 1. The molecule has 0 radical (unpaired) electrons. The number of aromatic nitrogens is 2. The monoisotopic (exact) mass is 398 g/mol. The van der Waals surface area contributed by atoms with E-state index in [1.165, 1.54) is 12.8 Å². The third kappa shape index (κ3) is 5.68. The maximum atomic E-state index is 12.0. The second-order valence-electron chi connectivity index (χ2n) is 6.51. The molecule has 0 unspecified atom stereocenters. The number of halogens is 1. The van der Waals surface area contributed by atoms with Gasteiger partial charge in [-0.3, -0.25) is 4.79 Å². The van der Waals surface area contributed by atoms with Gasteiger partial charge < -0.3 is 10.6 Å². The van der Waals surface area contributed by atoms with Crippen LogP contribution in [0.15, 0.2) is 66.0 Å². The van der Waals surface area contributed by atoms with Crippen molar-refractivity contribution < 1.29 is 0 Å². The Hall–Kier alpha value is -2.63. The molecule has 3 aromatic rings. The summed E-state index contributed by atoms with van der Waals surface area (Å²) in [5, 5.41) is 15.2. The summed E-state index contributed by atoms with van der Waals surface area (Å²) >= 11 is 0. The van der Waals surface area contributed by atoms with Crippen LogP contribution in [0.5, 0.6) is 0 Å². The van der Waals surface area contributed by atoms with E-state index >= 15 is 0 Å². The van der Waals surface area contributed by atoms with Gasteiger partial charge in [0.15, 0.2) is 0 Å². The van der Waals surface area contributed by atoms with Gasteiger partial charge in [-0.05, 0) is 37.6 Å². The van der Waals surface area contributed by atoms with E-state index in [1.54, 1.807) is 0 Å². The number of anilines is 1. The summed E-state index contributed by atoms with van der Waals surface area (Å²) in [5.41, 5.74) is 2.68. The third-order valence-corrected chi connectivity index (χ3v) is 4.48. The maximum Gasteiger partial charge on any atom is 0.272 e. The molecular formula is C22H27ClN4O. The predicted octanol–water partition coefficient (Wildman–Crippen LogP) is 4.37. The molecule has 0 aliphatic carbocycles. The van der Waals surface area contributed by atoms with Gasteiger partial charge in [-0.15, -0.1) is 19.0 Å². The van der Waals surface area contributed by atoms with E-state index in [4.69, 9.17) is 0 Å². The van der Waals surface area contributed by atoms with Crippen LogP contribution >= 0.6 is 12.4 Å². The summed E-state index contributed by atoms with van der Waals surface area (Å²) in [6.07, 6.45) is 5.36. The van der Waals surface area contributed by atoms with E-state index in [-0.39, 0.29) is 18.0 Å². The summed E-state index contributed by atoms with van der Waals surface area (Å²) in [4.78, 5) is 12.0. The maximum absolute atomic E-state index is 12.0. The second kappa shape index (κ2) is 11.3. The minimum atomic E-state index is -0.161. The van der Waals surface area contributed by atoms with Crippen molar-refractivity contribution in [1.29, 1.82) is 0 Å². The number of fused-ring (bicyclic) bond motifs is 1. The molecule has 5 nitrogen and oxygen atoms in total. The molecule has 0 atom stereocenters. The number of unbranched alkanes of at least 4 members (excludes halogenated alkanes) is 2. The van der Waals surface area contributed by atoms with Gasteiger partial charge >= 0.3 is 0 Å². The number of H-pyrrole nitrogens is 1. The minimum Gasteiger partial charge on any atom is -0.385 e. The number of nitrogens with one attached hydrogen (secondary N) is 3. The van der Waals surface area contributed by atoms with E-state index < -0.39 is 0 Å². The number of benzene rings is 2. The molecule has 148 valence electrons. The van der Waals surface area contributed by atoms with Crippen LogP contribution in [0.3, 0.4) is 0 Å². The van der Waals surface area contributed by atoms with Crippen molar-refractivity contribution in [3.8, 4) is 11.3 Å². The van der Waals surface area contributed by atoms with Gasteiger partial charge in [-0.25, -0.2) is 5.10 Å². The minimum absolute atomic E-state index is 0.